The number of unbranched alkanes of at least 4 members (excludes halogenated alkanes) is 2. The number of hydrogen-bond acceptors (Lipinski definition) is 7. The molecule has 0 aromatic heterocycles. The Morgan fingerprint density at radius 3 is 2.44 bits per heavy atom. The highest BCUT2D eigenvalue weighted by molar-refractivity contribution is 9.09. The first kappa shape index (κ1) is 31.3. The molecule has 1 N–H and O–H groups in total. The van der Waals surface area contributed by atoms with E-state index in [1.807, 2.05) is 24.3 Å². The van der Waals surface area contributed by atoms with Crippen LogP contribution < -0.4 is 9.80 Å². The number of aliphatic hydroxyl groups excluding tert-OH is 1. The highest BCUT2D eigenvalue weighted by Crippen LogP contribution is 2.60. The molecule has 4 rings (SSSR count). The van der Waals surface area contributed by atoms with E-state index in [0.717, 1.165) is 18.8 Å². The molecule has 224 valence electrons. The molecule has 1 aromatic carbocycles. The minimum Gasteiger partial charge on any atom is -0.461 e. The first-order valence-corrected chi connectivity index (χ1v) is 15.5. The van der Waals surface area contributed by atoms with Crippen LogP contribution >= 0.6 is 15.9 Å². The van der Waals surface area contributed by atoms with Crippen LogP contribution in [0.25, 0.3) is 0 Å². The Kier molecular flexibility index (Phi) is 10.3. The number of benzene rings is 1. The highest BCUT2D eigenvalue weighted by atomic mass is 79.9. The van der Waals surface area contributed by atoms with E-state index in [9.17, 15) is 19.5 Å². The molecule has 9 nitrogen and oxygen atoms in total. The molecule has 0 radical (unpaired) electrons. The van der Waals surface area contributed by atoms with Crippen molar-refractivity contribution in [3.8, 4) is 0 Å². The van der Waals surface area contributed by atoms with Crippen molar-refractivity contribution in [3.05, 3.63) is 49.6 Å². The van der Waals surface area contributed by atoms with Gasteiger partial charge in [0.25, 0.3) is 5.91 Å². The number of anilines is 2. The fourth-order valence-corrected chi connectivity index (χ4v) is 7.70. The molecule has 10 heteroatoms. The molecule has 6 atom stereocenters. The lowest BCUT2D eigenvalue weighted by molar-refractivity contribution is -0.153. The molecular weight excluding hydrogens is 590 g/mol. The van der Waals surface area contributed by atoms with Gasteiger partial charge in [0.05, 0.1) is 17.9 Å². The summed E-state index contributed by atoms with van der Waals surface area (Å²) in [7, 11) is 0. The SMILES string of the molecule is C=CCOC(=O)[C@H]1[C@H]2C(=O)N(CCCCCO)C(C(=O)N(CC=C)c3ccc(N(CC)CC)cc3)C23CC(Br)[C@@H]1O3. The van der Waals surface area contributed by atoms with Crippen LogP contribution in [0.2, 0.25) is 0 Å². The Morgan fingerprint density at radius 2 is 1.83 bits per heavy atom. The van der Waals surface area contributed by atoms with E-state index < -0.39 is 35.6 Å². The lowest BCUT2D eigenvalue weighted by Gasteiger charge is -2.37. The lowest BCUT2D eigenvalue weighted by atomic mass is 9.70. The van der Waals surface area contributed by atoms with E-state index in [2.05, 4.69) is 47.8 Å². The molecule has 0 aliphatic carbocycles. The van der Waals surface area contributed by atoms with Crippen molar-refractivity contribution in [1.29, 1.82) is 0 Å². The van der Waals surface area contributed by atoms with Gasteiger partial charge in [-0.05, 0) is 63.8 Å². The van der Waals surface area contributed by atoms with Crippen molar-refractivity contribution in [2.45, 2.75) is 62.1 Å². The van der Waals surface area contributed by atoms with Crippen LogP contribution in [0.3, 0.4) is 0 Å². The predicted molar refractivity (Wildman–Crippen MR) is 162 cm³/mol. The minimum atomic E-state index is -1.16. The predicted octanol–water partition coefficient (Wildman–Crippen LogP) is 3.69. The monoisotopic (exact) mass is 631 g/mol. The summed E-state index contributed by atoms with van der Waals surface area (Å²) in [6.45, 7) is 14.1. The second-order valence-corrected chi connectivity index (χ2v) is 12.0. The number of aliphatic hydroxyl groups is 1. The van der Waals surface area contributed by atoms with Gasteiger partial charge >= 0.3 is 5.97 Å². The van der Waals surface area contributed by atoms with Gasteiger partial charge in [-0.15, -0.1) is 6.58 Å². The van der Waals surface area contributed by atoms with Gasteiger partial charge < -0.3 is 29.3 Å². The summed E-state index contributed by atoms with van der Waals surface area (Å²) in [5.74, 6) is -2.67. The van der Waals surface area contributed by atoms with E-state index in [0.29, 0.717) is 37.9 Å². The van der Waals surface area contributed by atoms with Crippen LogP contribution in [0.5, 0.6) is 0 Å². The van der Waals surface area contributed by atoms with Crippen LogP contribution in [0.1, 0.15) is 39.5 Å². The van der Waals surface area contributed by atoms with Gasteiger partial charge in [0.15, 0.2) is 0 Å². The topological polar surface area (TPSA) is 99.6 Å². The molecule has 2 amide bonds. The van der Waals surface area contributed by atoms with Gasteiger partial charge in [0.1, 0.15) is 18.2 Å². The summed E-state index contributed by atoms with van der Waals surface area (Å²) < 4.78 is 12.0. The highest BCUT2D eigenvalue weighted by Gasteiger charge is 2.77. The molecule has 3 saturated heterocycles. The fraction of sp³-hybridized carbons (Fsp3) is 0.581. The molecule has 3 unspecified atom stereocenters. The van der Waals surface area contributed by atoms with Crippen molar-refractivity contribution in [2.24, 2.45) is 11.8 Å². The Balaban J connectivity index is 1.72. The maximum atomic E-state index is 14.6. The number of nitrogens with zero attached hydrogens (tertiary/aromatic N) is 3. The zero-order chi connectivity index (χ0) is 29.7. The maximum absolute atomic E-state index is 14.6. The molecular formula is C31H42BrN3O6. The number of likely N-dealkylation sites (tertiary alicyclic amines) is 1. The molecule has 3 aliphatic rings. The Labute approximate surface area is 251 Å². The van der Waals surface area contributed by atoms with Crippen LogP contribution in [-0.4, -0.2) is 89.8 Å². The molecule has 3 heterocycles. The summed E-state index contributed by atoms with van der Waals surface area (Å²) in [5, 5.41) is 9.27. The van der Waals surface area contributed by atoms with Crippen molar-refractivity contribution in [1.82, 2.24) is 4.90 Å². The normalized spacial score (nSPS) is 28.0. The molecule has 3 aliphatic heterocycles. The Morgan fingerprint density at radius 1 is 1.15 bits per heavy atom. The summed E-state index contributed by atoms with van der Waals surface area (Å²) in [5.41, 5.74) is 0.594. The molecule has 0 saturated carbocycles. The number of carbonyl (C=O) groups is 3. The number of hydrogen-bond donors (Lipinski definition) is 1. The number of esters is 1. The molecule has 1 aromatic rings. The smallest absolute Gasteiger partial charge is 0.312 e. The van der Waals surface area contributed by atoms with Crippen LogP contribution in [0.15, 0.2) is 49.6 Å². The van der Waals surface area contributed by atoms with Gasteiger partial charge in [-0.2, -0.15) is 0 Å². The average molecular weight is 633 g/mol. The number of ether oxygens (including phenoxy) is 2. The number of carbonyl (C=O) groups excluding carboxylic acids is 3. The third-order valence-corrected chi connectivity index (χ3v) is 9.41. The summed E-state index contributed by atoms with van der Waals surface area (Å²) in [4.78, 5) is 47.2. The van der Waals surface area contributed by atoms with E-state index in [4.69, 9.17) is 9.47 Å². The summed E-state index contributed by atoms with van der Waals surface area (Å²) in [6.07, 6.45) is 4.93. The zero-order valence-electron chi connectivity index (χ0n) is 24.0. The standard InChI is InChI=1S/C31H42BrN3O6/c1-5-16-34(22-14-12-21(13-15-22)33(7-3)8-4)29(38)27-31-20-23(32)26(41-31)24(30(39)40-19-6-2)25(31)28(37)35(27)17-10-9-11-18-36/h5-6,12-15,23-27,36H,1-2,7-11,16-20H2,3-4H3/t23?,24-,25-,26-,27?,31?/m0/s1. The third-order valence-electron chi connectivity index (χ3n) is 8.56. The van der Waals surface area contributed by atoms with E-state index in [1.54, 1.807) is 15.9 Å². The van der Waals surface area contributed by atoms with E-state index >= 15 is 0 Å². The number of alkyl halides is 1. The number of fused-ring (bicyclic) bond motifs is 1. The second-order valence-electron chi connectivity index (χ2n) is 10.8. The van der Waals surface area contributed by atoms with Gasteiger partial charge in [0.2, 0.25) is 5.91 Å². The van der Waals surface area contributed by atoms with Crippen LogP contribution in [-0.2, 0) is 23.9 Å². The van der Waals surface area contributed by atoms with Gasteiger partial charge in [-0.1, -0.05) is 34.7 Å². The third kappa shape index (κ3) is 5.70. The zero-order valence-corrected chi connectivity index (χ0v) is 25.6. The molecule has 1 spiro atoms. The van der Waals surface area contributed by atoms with Crippen LogP contribution in [0, 0.1) is 11.8 Å². The van der Waals surface area contributed by atoms with Crippen molar-refractivity contribution in [3.63, 3.8) is 0 Å². The summed E-state index contributed by atoms with van der Waals surface area (Å²) in [6, 6.07) is 6.91. The largest absolute Gasteiger partial charge is 0.461 e. The van der Waals surface area contributed by atoms with Crippen molar-refractivity contribution >= 4 is 45.1 Å². The van der Waals surface area contributed by atoms with Gasteiger partial charge in [-0.3, -0.25) is 14.4 Å². The second kappa shape index (κ2) is 13.5. The van der Waals surface area contributed by atoms with E-state index in [-0.39, 0.29) is 36.4 Å². The average Bonchev–Trinajstić information content (AvgIpc) is 3.56. The fourth-order valence-electron chi connectivity index (χ4n) is 6.76. The molecule has 41 heavy (non-hydrogen) atoms. The molecule has 3 fully saturated rings. The lowest BCUT2D eigenvalue weighted by Crippen LogP contribution is -2.57. The van der Waals surface area contributed by atoms with Crippen molar-refractivity contribution in [2.75, 3.05) is 49.2 Å². The minimum absolute atomic E-state index is 0.0345. The first-order chi connectivity index (χ1) is 19.8. The first-order valence-electron chi connectivity index (χ1n) is 14.6. The maximum Gasteiger partial charge on any atom is 0.312 e. The quantitative estimate of drug-likeness (QED) is 0.136. The van der Waals surface area contributed by atoms with E-state index in [1.165, 1.54) is 6.08 Å². The van der Waals surface area contributed by atoms with Crippen LogP contribution in [0.4, 0.5) is 11.4 Å². The molecule has 2 bridgehead atoms. The van der Waals surface area contributed by atoms with Gasteiger partial charge in [0, 0.05) is 49.0 Å². The Bertz CT molecular complexity index is 1130. The summed E-state index contributed by atoms with van der Waals surface area (Å²) >= 11 is 3.68. The number of halogens is 1. The number of rotatable bonds is 15. The number of amides is 2. The van der Waals surface area contributed by atoms with Crippen molar-refractivity contribution < 1.29 is 29.0 Å². The van der Waals surface area contributed by atoms with Gasteiger partial charge in [-0.25, -0.2) is 0 Å². The Hall–Kier alpha value is -2.69.